The van der Waals surface area contributed by atoms with E-state index < -0.39 is 24.2 Å². The van der Waals surface area contributed by atoms with Crippen molar-refractivity contribution < 1.29 is 29.6 Å². The van der Waals surface area contributed by atoms with Gasteiger partial charge >= 0.3 is 0 Å². The Kier molecular flexibility index (Phi) is 15.8. The van der Waals surface area contributed by atoms with Crippen LogP contribution in [0.25, 0.3) is 0 Å². The van der Waals surface area contributed by atoms with Crippen LogP contribution < -0.4 is 16.4 Å². The number of hydrogen-bond donors (Lipinski definition) is 6. The molecule has 320 valence electrons. The first-order valence-electron chi connectivity index (χ1n) is 23.7. The second-order valence-corrected chi connectivity index (χ2v) is 20.1. The highest BCUT2D eigenvalue weighted by Gasteiger charge is 2.45. The molecule has 9 heteroatoms. The Morgan fingerprint density at radius 3 is 2.51 bits per heavy atom. The van der Waals surface area contributed by atoms with Gasteiger partial charge in [0.15, 0.2) is 0 Å². The van der Waals surface area contributed by atoms with Crippen LogP contribution in [-0.2, 0) is 14.3 Å². The molecule has 7 rings (SSSR count). The summed E-state index contributed by atoms with van der Waals surface area (Å²) < 4.78 is 5.72. The van der Waals surface area contributed by atoms with Crippen LogP contribution in [-0.4, -0.2) is 83.7 Å². The zero-order valence-electron chi connectivity index (χ0n) is 35.1. The lowest BCUT2D eigenvalue weighted by Crippen LogP contribution is -2.54. The molecule has 16 unspecified atom stereocenters. The Bertz CT molecular complexity index is 1410. The lowest BCUT2D eigenvalue weighted by Gasteiger charge is -2.49. The van der Waals surface area contributed by atoms with Crippen molar-refractivity contribution in [3.63, 3.8) is 0 Å². The van der Waals surface area contributed by atoms with Crippen molar-refractivity contribution in [2.75, 3.05) is 20.2 Å². The Hall–Kier alpha value is -1.64. The summed E-state index contributed by atoms with van der Waals surface area (Å²) in [6.07, 6.45) is 23.1. The van der Waals surface area contributed by atoms with Gasteiger partial charge in [-0.15, -0.1) is 0 Å². The summed E-state index contributed by atoms with van der Waals surface area (Å²) in [5.74, 6) is 10.8. The van der Waals surface area contributed by atoms with Gasteiger partial charge in [-0.25, -0.2) is 0 Å². The fraction of sp³-hybridized carbons (Fsp3) is 0.875. The molecule has 6 fully saturated rings. The number of carbonyl (C=O) groups excluding carboxylic acids is 2. The monoisotopic (exact) mass is 792 g/mol. The maximum atomic E-state index is 13.9. The molecule has 9 nitrogen and oxygen atoms in total. The summed E-state index contributed by atoms with van der Waals surface area (Å²) in [5, 5.41) is 41.6. The molecule has 57 heavy (non-hydrogen) atoms. The second kappa shape index (κ2) is 20.8. The maximum Gasteiger partial charge on any atom is 0.150 e. The highest BCUT2D eigenvalue weighted by molar-refractivity contribution is 5.84. The molecule has 0 amide bonds. The van der Waals surface area contributed by atoms with Gasteiger partial charge < -0.3 is 36.4 Å². The molecule has 0 bridgehead atoms. The molecule has 2 heterocycles. The number of nitrogens with one attached hydrogen (secondary N) is 2. The normalized spacial score (nSPS) is 41.0. The van der Waals surface area contributed by atoms with Crippen LogP contribution >= 0.6 is 0 Å². The van der Waals surface area contributed by atoms with Crippen molar-refractivity contribution >= 4 is 11.6 Å². The number of fused-ring (bicyclic) bond motifs is 4. The summed E-state index contributed by atoms with van der Waals surface area (Å²) >= 11 is 0. The summed E-state index contributed by atoms with van der Waals surface area (Å²) in [6.45, 7) is 1.91. The quantitative estimate of drug-likeness (QED) is 0.0964. The minimum Gasteiger partial charge on any atom is -0.393 e. The Labute approximate surface area is 343 Å². The van der Waals surface area contributed by atoms with E-state index in [1.165, 1.54) is 38.5 Å². The number of nitrogens with two attached hydrogens (primary N) is 1. The number of allylic oxidation sites excluding steroid dienone is 2. The second-order valence-electron chi connectivity index (χ2n) is 20.1. The molecule has 4 saturated carbocycles. The van der Waals surface area contributed by atoms with E-state index in [4.69, 9.17) is 10.5 Å². The van der Waals surface area contributed by atoms with Crippen LogP contribution in [0.3, 0.4) is 0 Å². The molecule has 16 atom stereocenters. The molecule has 5 aliphatic carbocycles. The lowest BCUT2D eigenvalue weighted by atomic mass is 9.61. The van der Waals surface area contributed by atoms with E-state index in [0.717, 1.165) is 58.0 Å². The predicted molar refractivity (Wildman–Crippen MR) is 223 cm³/mol. The number of aliphatic hydroxyl groups is 3. The lowest BCUT2D eigenvalue weighted by molar-refractivity contribution is -0.125. The summed E-state index contributed by atoms with van der Waals surface area (Å²) in [5.41, 5.74) is 6.37. The van der Waals surface area contributed by atoms with Crippen molar-refractivity contribution in [1.29, 1.82) is 0 Å². The third kappa shape index (κ3) is 11.4. The van der Waals surface area contributed by atoms with Gasteiger partial charge in [-0.05, 0) is 163 Å². The van der Waals surface area contributed by atoms with Crippen LogP contribution in [0.15, 0.2) is 12.2 Å². The molecule has 0 spiro atoms. The number of hydrogen-bond acceptors (Lipinski definition) is 9. The standard InChI is InChI=1S/C48H77N3O6/c1-57-47-25-35-13-20-45(55)41(44(54)19-9-31-8-16-39-36(23-31)29-51-43-27-38(53)15-18-40(39)43)17-12-32(42(35)28-46(47)56)11-14-37(52)24-33(34-21-22-50-48(49)26-34)10-7-30-5-3-2-4-6-30/h7,10,30-37,39-44,46-48,50-52,54,56H,2-6,8-9,11,13-16,18-29,49H2,1H3. The molecule has 0 aromatic carbocycles. The number of aliphatic hydroxyl groups excluding tert-OH is 3. The van der Waals surface area contributed by atoms with E-state index in [1.54, 1.807) is 7.11 Å². The minimum atomic E-state index is -0.794. The largest absolute Gasteiger partial charge is 0.393 e. The number of carbonyl (C=O) groups is 2. The van der Waals surface area contributed by atoms with Gasteiger partial charge in [0.2, 0.25) is 0 Å². The predicted octanol–water partition coefficient (Wildman–Crippen LogP) is 6.07. The molecule has 0 aromatic heterocycles. The molecule has 7 aliphatic rings. The van der Waals surface area contributed by atoms with E-state index in [2.05, 4.69) is 34.6 Å². The maximum absolute atomic E-state index is 13.9. The van der Waals surface area contributed by atoms with Crippen LogP contribution in [0.2, 0.25) is 0 Å². The smallest absolute Gasteiger partial charge is 0.150 e. The molecule has 2 saturated heterocycles. The Morgan fingerprint density at radius 2 is 1.70 bits per heavy atom. The van der Waals surface area contributed by atoms with Crippen LogP contribution in [0.4, 0.5) is 0 Å². The van der Waals surface area contributed by atoms with Gasteiger partial charge in [0.1, 0.15) is 17.5 Å². The van der Waals surface area contributed by atoms with Crippen LogP contribution in [0.5, 0.6) is 0 Å². The average molecular weight is 792 g/mol. The van der Waals surface area contributed by atoms with E-state index in [9.17, 15) is 24.9 Å². The molecular weight excluding hydrogens is 715 g/mol. The van der Waals surface area contributed by atoms with Crippen molar-refractivity contribution in [2.45, 2.75) is 178 Å². The fourth-order valence-corrected chi connectivity index (χ4v) is 13.1. The Morgan fingerprint density at radius 1 is 0.860 bits per heavy atom. The van der Waals surface area contributed by atoms with Crippen LogP contribution in [0, 0.1) is 76.9 Å². The number of methoxy groups -OCH3 is 1. The SMILES string of the molecule is COC1CC2CCC(=O)C(C(O)CCC3CCC4C(CNC5CC(=O)CCC54)C3)C#CC(CCC(O)CC(C=CC3CCCCC3)C3CCNC(N)C3)C2CC1O. The highest BCUT2D eigenvalue weighted by atomic mass is 16.5. The number of rotatable bonds is 13. The zero-order chi connectivity index (χ0) is 39.9. The summed E-state index contributed by atoms with van der Waals surface area (Å²) in [4.78, 5) is 26.0. The first-order valence-corrected chi connectivity index (χ1v) is 23.7. The zero-order valence-corrected chi connectivity index (χ0v) is 35.1. The van der Waals surface area contributed by atoms with Crippen molar-refractivity contribution in [3.8, 4) is 11.8 Å². The van der Waals surface area contributed by atoms with E-state index in [0.29, 0.717) is 105 Å². The van der Waals surface area contributed by atoms with E-state index in [1.807, 2.05) is 0 Å². The van der Waals surface area contributed by atoms with Crippen molar-refractivity contribution in [1.82, 2.24) is 10.6 Å². The average Bonchev–Trinajstić information content (AvgIpc) is 3.28. The topological polar surface area (TPSA) is 154 Å². The first-order chi connectivity index (χ1) is 27.6. The van der Waals surface area contributed by atoms with Crippen molar-refractivity contribution in [2.24, 2.45) is 70.8 Å². The molecule has 0 radical (unpaired) electrons. The van der Waals surface area contributed by atoms with Crippen LogP contribution in [0.1, 0.15) is 141 Å². The Balaban J connectivity index is 0.995. The number of piperidine rings is 2. The van der Waals surface area contributed by atoms with Gasteiger partial charge in [0, 0.05) is 38.3 Å². The molecule has 7 N–H and O–H groups in total. The molecule has 2 aliphatic heterocycles. The molecular formula is C48H77N3O6. The van der Waals surface area contributed by atoms with E-state index >= 15 is 0 Å². The fourth-order valence-electron chi connectivity index (χ4n) is 13.1. The number of Topliss-reactive ketones (excluding diaryl/α,β-unsaturated/α-hetero) is 2. The van der Waals surface area contributed by atoms with Gasteiger partial charge in [-0.3, -0.25) is 9.59 Å². The van der Waals surface area contributed by atoms with Gasteiger partial charge in [0.05, 0.1) is 30.6 Å². The van der Waals surface area contributed by atoms with Gasteiger partial charge in [-0.2, -0.15) is 0 Å². The summed E-state index contributed by atoms with van der Waals surface area (Å²) in [6, 6.07) is 0.363. The third-order valence-electron chi connectivity index (χ3n) is 16.5. The van der Waals surface area contributed by atoms with Crippen molar-refractivity contribution in [3.05, 3.63) is 12.2 Å². The first kappa shape index (κ1) is 43.4. The van der Waals surface area contributed by atoms with E-state index in [-0.39, 0.29) is 41.7 Å². The van der Waals surface area contributed by atoms with Gasteiger partial charge in [0.25, 0.3) is 0 Å². The number of ether oxygens (including phenoxy) is 1. The number of ketones is 2. The summed E-state index contributed by atoms with van der Waals surface area (Å²) in [7, 11) is 1.66. The van der Waals surface area contributed by atoms with Gasteiger partial charge in [-0.1, -0.05) is 49.7 Å². The molecule has 0 aromatic rings. The highest BCUT2D eigenvalue weighted by Crippen LogP contribution is 2.47. The minimum absolute atomic E-state index is 0.000171. The third-order valence-corrected chi connectivity index (χ3v) is 16.5.